The molecule has 1 unspecified atom stereocenters. The zero-order valence-corrected chi connectivity index (χ0v) is 19.7. The van der Waals surface area contributed by atoms with Crippen LogP contribution in [0.5, 0.6) is 0 Å². The highest BCUT2D eigenvalue weighted by Gasteiger charge is 2.37. The quantitative estimate of drug-likeness (QED) is 0.545. The fourth-order valence-electron chi connectivity index (χ4n) is 3.94. The molecule has 1 aliphatic heterocycles. The van der Waals surface area contributed by atoms with Crippen LogP contribution in [0.3, 0.4) is 0 Å². The first kappa shape index (κ1) is 22.1. The third kappa shape index (κ3) is 4.70. The van der Waals surface area contributed by atoms with Gasteiger partial charge in [-0.05, 0) is 30.5 Å². The molecule has 0 radical (unpaired) electrons. The maximum Gasteiger partial charge on any atom is 0.317 e. The second-order valence-corrected chi connectivity index (χ2v) is 8.97. The van der Waals surface area contributed by atoms with Gasteiger partial charge in [0.05, 0.1) is 11.7 Å². The number of imidazole rings is 1. The molecular weight excluding hydrogens is 470 g/mol. The number of hydrogen-bond donors (Lipinski definition) is 2. The summed E-state index contributed by atoms with van der Waals surface area (Å²) in [6, 6.07) is 16.1. The summed E-state index contributed by atoms with van der Waals surface area (Å²) in [5.74, 6) is 0.634. The lowest BCUT2D eigenvalue weighted by atomic mass is 10.0. The van der Waals surface area contributed by atoms with Crippen molar-refractivity contribution in [3.8, 4) is 11.3 Å². The van der Waals surface area contributed by atoms with E-state index in [4.69, 9.17) is 4.98 Å². The highest BCUT2D eigenvalue weighted by atomic mass is 79.9. The van der Waals surface area contributed by atoms with Crippen LogP contribution < -0.4 is 5.32 Å². The van der Waals surface area contributed by atoms with E-state index in [0.29, 0.717) is 6.54 Å². The average molecular weight is 496 g/mol. The SMILES string of the molecule is CN(C)C(=O)NC(C(=O)N1CCC[C@H]1c1nc(-c2ccc(Br)cc2)c[nH]1)c1ccccc1. The van der Waals surface area contributed by atoms with E-state index in [1.165, 1.54) is 4.90 Å². The fraction of sp³-hybridized carbons (Fsp3) is 0.292. The Kier molecular flexibility index (Phi) is 6.60. The Hall–Kier alpha value is -3.13. The van der Waals surface area contributed by atoms with Gasteiger partial charge in [0.15, 0.2) is 0 Å². The van der Waals surface area contributed by atoms with E-state index in [0.717, 1.165) is 40.0 Å². The van der Waals surface area contributed by atoms with Crippen LogP contribution >= 0.6 is 15.9 Å². The van der Waals surface area contributed by atoms with Gasteiger partial charge in [0.2, 0.25) is 5.91 Å². The van der Waals surface area contributed by atoms with Gasteiger partial charge in [-0.2, -0.15) is 0 Å². The molecule has 1 fully saturated rings. The van der Waals surface area contributed by atoms with Crippen molar-refractivity contribution in [2.24, 2.45) is 0 Å². The predicted octanol–water partition coefficient (Wildman–Crippen LogP) is 4.52. The zero-order chi connectivity index (χ0) is 22.7. The molecule has 8 heteroatoms. The Labute approximate surface area is 196 Å². The standard InChI is InChI=1S/C24H26BrN5O2/c1-29(2)24(32)28-21(17-7-4-3-5-8-17)23(31)30-14-6-9-20(30)22-26-15-19(27-22)16-10-12-18(25)13-11-16/h3-5,7-8,10-13,15,20-21H,6,9,14H2,1-2H3,(H,26,27)(H,28,32)/t20-,21?/m0/s1. The lowest BCUT2D eigenvalue weighted by Crippen LogP contribution is -2.45. The van der Waals surface area contributed by atoms with Crippen molar-refractivity contribution < 1.29 is 9.59 Å². The number of likely N-dealkylation sites (tertiary alicyclic amines) is 1. The highest BCUT2D eigenvalue weighted by molar-refractivity contribution is 9.10. The van der Waals surface area contributed by atoms with Crippen molar-refractivity contribution in [1.29, 1.82) is 0 Å². The Balaban J connectivity index is 1.59. The number of aromatic amines is 1. The van der Waals surface area contributed by atoms with Crippen LogP contribution in [0.25, 0.3) is 11.3 Å². The number of halogens is 1. The number of nitrogens with one attached hydrogen (secondary N) is 2. The molecule has 2 N–H and O–H groups in total. The van der Waals surface area contributed by atoms with Gasteiger partial charge in [-0.25, -0.2) is 9.78 Å². The van der Waals surface area contributed by atoms with Crippen molar-refractivity contribution in [3.63, 3.8) is 0 Å². The molecule has 4 rings (SSSR count). The second-order valence-electron chi connectivity index (χ2n) is 8.06. The Morgan fingerprint density at radius 2 is 1.88 bits per heavy atom. The number of urea groups is 1. The number of hydrogen-bond acceptors (Lipinski definition) is 3. The van der Waals surface area contributed by atoms with Crippen LogP contribution in [-0.4, -0.2) is 52.3 Å². The minimum Gasteiger partial charge on any atom is -0.346 e. The molecule has 3 aromatic rings. The molecule has 1 aromatic heterocycles. The first-order valence-corrected chi connectivity index (χ1v) is 11.4. The lowest BCUT2D eigenvalue weighted by molar-refractivity contribution is -0.134. The first-order chi connectivity index (χ1) is 15.4. The summed E-state index contributed by atoms with van der Waals surface area (Å²) in [4.78, 5) is 37.4. The summed E-state index contributed by atoms with van der Waals surface area (Å²) in [5, 5.41) is 2.88. The van der Waals surface area contributed by atoms with Gasteiger partial charge in [0.25, 0.3) is 0 Å². The molecule has 2 atom stereocenters. The van der Waals surface area contributed by atoms with Gasteiger partial charge in [0.1, 0.15) is 11.9 Å². The van der Waals surface area contributed by atoms with E-state index in [2.05, 4.69) is 26.2 Å². The van der Waals surface area contributed by atoms with Crippen molar-refractivity contribution in [3.05, 3.63) is 76.7 Å². The van der Waals surface area contributed by atoms with Crippen molar-refractivity contribution in [2.45, 2.75) is 24.9 Å². The zero-order valence-electron chi connectivity index (χ0n) is 18.1. The molecule has 2 aromatic carbocycles. The molecule has 0 spiro atoms. The summed E-state index contributed by atoms with van der Waals surface area (Å²) in [6.07, 6.45) is 3.58. The lowest BCUT2D eigenvalue weighted by Gasteiger charge is -2.29. The minimum absolute atomic E-state index is 0.129. The summed E-state index contributed by atoms with van der Waals surface area (Å²) >= 11 is 3.45. The monoisotopic (exact) mass is 495 g/mol. The van der Waals surface area contributed by atoms with Gasteiger partial charge in [-0.3, -0.25) is 4.79 Å². The molecule has 1 saturated heterocycles. The molecule has 1 aliphatic rings. The number of nitrogens with zero attached hydrogens (tertiary/aromatic N) is 3. The van der Waals surface area contributed by atoms with Crippen LogP contribution in [-0.2, 0) is 4.79 Å². The van der Waals surface area contributed by atoms with E-state index < -0.39 is 6.04 Å². The molecule has 0 aliphatic carbocycles. The third-order valence-corrected chi connectivity index (χ3v) is 6.17. The molecular formula is C24H26BrN5O2. The van der Waals surface area contributed by atoms with Crippen LogP contribution in [0.15, 0.2) is 65.3 Å². The van der Waals surface area contributed by atoms with Gasteiger partial charge in [-0.15, -0.1) is 0 Å². The van der Waals surface area contributed by atoms with Crippen molar-refractivity contribution in [2.75, 3.05) is 20.6 Å². The summed E-state index contributed by atoms with van der Waals surface area (Å²) in [6.45, 7) is 0.624. The van der Waals surface area contributed by atoms with Gasteiger partial charge in [0, 0.05) is 36.9 Å². The largest absolute Gasteiger partial charge is 0.346 e. The number of rotatable bonds is 5. The summed E-state index contributed by atoms with van der Waals surface area (Å²) in [5.41, 5.74) is 2.60. The van der Waals surface area contributed by atoms with Crippen LogP contribution in [0.2, 0.25) is 0 Å². The van der Waals surface area contributed by atoms with Crippen molar-refractivity contribution in [1.82, 2.24) is 25.1 Å². The summed E-state index contributed by atoms with van der Waals surface area (Å²) < 4.78 is 1.01. The summed E-state index contributed by atoms with van der Waals surface area (Å²) in [7, 11) is 3.32. The molecule has 166 valence electrons. The Morgan fingerprint density at radius 3 is 2.56 bits per heavy atom. The van der Waals surface area contributed by atoms with Gasteiger partial charge < -0.3 is 20.1 Å². The maximum atomic E-state index is 13.6. The van der Waals surface area contributed by atoms with Gasteiger partial charge in [-0.1, -0.05) is 58.4 Å². The van der Waals surface area contributed by atoms with Crippen LogP contribution in [0.1, 0.15) is 36.3 Å². The Morgan fingerprint density at radius 1 is 1.16 bits per heavy atom. The van der Waals surface area contributed by atoms with Crippen molar-refractivity contribution >= 4 is 27.9 Å². The smallest absolute Gasteiger partial charge is 0.317 e. The van der Waals surface area contributed by atoms with E-state index in [1.807, 2.05) is 65.7 Å². The normalized spacial score (nSPS) is 16.6. The maximum absolute atomic E-state index is 13.6. The van der Waals surface area contributed by atoms with E-state index in [1.54, 1.807) is 14.1 Å². The number of aromatic nitrogens is 2. The number of carbonyl (C=O) groups is 2. The molecule has 7 nitrogen and oxygen atoms in total. The fourth-order valence-corrected chi connectivity index (χ4v) is 4.21. The molecule has 32 heavy (non-hydrogen) atoms. The number of benzene rings is 2. The molecule has 2 heterocycles. The molecule has 3 amide bonds. The van der Waals surface area contributed by atoms with Crippen LogP contribution in [0, 0.1) is 0 Å². The first-order valence-electron chi connectivity index (χ1n) is 10.6. The Bertz CT molecular complexity index is 1080. The average Bonchev–Trinajstić information content (AvgIpc) is 3.47. The van der Waals surface area contributed by atoms with E-state index in [9.17, 15) is 9.59 Å². The van der Waals surface area contributed by atoms with E-state index >= 15 is 0 Å². The number of carbonyl (C=O) groups excluding carboxylic acids is 2. The number of H-pyrrole nitrogens is 1. The van der Waals surface area contributed by atoms with E-state index in [-0.39, 0.29) is 18.0 Å². The highest BCUT2D eigenvalue weighted by Crippen LogP contribution is 2.34. The topological polar surface area (TPSA) is 81.3 Å². The third-order valence-electron chi connectivity index (χ3n) is 5.64. The molecule has 0 bridgehead atoms. The minimum atomic E-state index is -0.757. The number of amides is 3. The van der Waals surface area contributed by atoms with Crippen LogP contribution in [0.4, 0.5) is 4.79 Å². The molecule has 0 saturated carbocycles. The second kappa shape index (κ2) is 9.56. The van der Waals surface area contributed by atoms with Gasteiger partial charge >= 0.3 is 6.03 Å². The predicted molar refractivity (Wildman–Crippen MR) is 127 cm³/mol.